The van der Waals surface area contributed by atoms with Crippen molar-refractivity contribution in [1.82, 2.24) is 5.32 Å². The molecule has 90 valence electrons. The predicted molar refractivity (Wildman–Crippen MR) is 64.9 cm³/mol. The zero-order chi connectivity index (χ0) is 11.3. The standard InChI is InChI=1S/C13H27NO/c1-4-5-12(11-6-7-11)14-9-8-13(15)10(2)3/h10-15H,4-9H2,1-3H3. The molecule has 0 aliphatic heterocycles. The van der Waals surface area contributed by atoms with Crippen LogP contribution in [0.4, 0.5) is 0 Å². The molecule has 0 saturated heterocycles. The Kier molecular flexibility index (Phi) is 5.62. The molecule has 0 radical (unpaired) electrons. The van der Waals surface area contributed by atoms with Crippen molar-refractivity contribution in [2.45, 2.75) is 65.0 Å². The van der Waals surface area contributed by atoms with Crippen molar-refractivity contribution >= 4 is 0 Å². The molecule has 1 aliphatic rings. The highest BCUT2D eigenvalue weighted by Crippen LogP contribution is 2.34. The first kappa shape index (κ1) is 13.0. The van der Waals surface area contributed by atoms with Crippen molar-refractivity contribution in [2.75, 3.05) is 6.54 Å². The summed E-state index contributed by atoms with van der Waals surface area (Å²) in [7, 11) is 0. The van der Waals surface area contributed by atoms with Crippen molar-refractivity contribution in [1.29, 1.82) is 0 Å². The minimum atomic E-state index is -0.140. The average molecular weight is 213 g/mol. The summed E-state index contributed by atoms with van der Waals surface area (Å²) >= 11 is 0. The zero-order valence-electron chi connectivity index (χ0n) is 10.5. The van der Waals surface area contributed by atoms with Gasteiger partial charge >= 0.3 is 0 Å². The van der Waals surface area contributed by atoms with Gasteiger partial charge in [-0.2, -0.15) is 0 Å². The second kappa shape index (κ2) is 6.49. The van der Waals surface area contributed by atoms with Crippen molar-refractivity contribution < 1.29 is 5.11 Å². The van der Waals surface area contributed by atoms with Crippen LogP contribution in [0.2, 0.25) is 0 Å². The van der Waals surface area contributed by atoms with Gasteiger partial charge in [0, 0.05) is 6.04 Å². The lowest BCUT2D eigenvalue weighted by atomic mass is 10.0. The van der Waals surface area contributed by atoms with Crippen LogP contribution in [-0.2, 0) is 0 Å². The number of aliphatic hydroxyl groups excluding tert-OH is 1. The fourth-order valence-corrected chi connectivity index (χ4v) is 2.06. The number of nitrogens with one attached hydrogen (secondary N) is 1. The lowest BCUT2D eigenvalue weighted by Crippen LogP contribution is -2.34. The van der Waals surface area contributed by atoms with E-state index in [1.165, 1.54) is 25.7 Å². The summed E-state index contributed by atoms with van der Waals surface area (Å²) in [4.78, 5) is 0. The third-order valence-electron chi connectivity index (χ3n) is 3.41. The molecule has 1 saturated carbocycles. The number of hydrogen-bond donors (Lipinski definition) is 2. The molecule has 0 bridgehead atoms. The van der Waals surface area contributed by atoms with E-state index in [1.54, 1.807) is 0 Å². The summed E-state index contributed by atoms with van der Waals surface area (Å²) in [5, 5.41) is 13.3. The number of hydrogen-bond acceptors (Lipinski definition) is 2. The third-order valence-corrected chi connectivity index (χ3v) is 3.41. The van der Waals surface area contributed by atoms with Gasteiger partial charge in [0.2, 0.25) is 0 Å². The highest BCUT2D eigenvalue weighted by Gasteiger charge is 2.29. The molecule has 2 atom stereocenters. The molecule has 0 aromatic rings. The van der Waals surface area contributed by atoms with Gasteiger partial charge in [0.15, 0.2) is 0 Å². The summed E-state index contributed by atoms with van der Waals surface area (Å²) in [6.07, 6.45) is 6.13. The van der Waals surface area contributed by atoms with Gasteiger partial charge in [-0.3, -0.25) is 0 Å². The maximum absolute atomic E-state index is 9.68. The normalized spacial score (nSPS) is 20.6. The monoisotopic (exact) mass is 213 g/mol. The van der Waals surface area contributed by atoms with Crippen LogP contribution in [0.5, 0.6) is 0 Å². The quantitative estimate of drug-likeness (QED) is 0.649. The maximum Gasteiger partial charge on any atom is 0.0575 e. The molecule has 0 heterocycles. The summed E-state index contributed by atoms with van der Waals surface area (Å²) in [5.74, 6) is 1.32. The van der Waals surface area contributed by atoms with Gasteiger partial charge in [-0.05, 0) is 44.1 Å². The summed E-state index contributed by atoms with van der Waals surface area (Å²) in [6, 6.07) is 0.717. The molecule has 2 N–H and O–H groups in total. The summed E-state index contributed by atoms with van der Waals surface area (Å²) < 4.78 is 0. The van der Waals surface area contributed by atoms with E-state index in [-0.39, 0.29) is 6.10 Å². The molecular weight excluding hydrogens is 186 g/mol. The van der Waals surface area contributed by atoms with E-state index < -0.39 is 0 Å². The first-order valence-electron chi connectivity index (χ1n) is 6.56. The third kappa shape index (κ3) is 4.98. The molecule has 2 heteroatoms. The molecule has 1 fully saturated rings. The van der Waals surface area contributed by atoms with Crippen LogP contribution in [0, 0.1) is 11.8 Å². The Labute approximate surface area is 94.5 Å². The van der Waals surface area contributed by atoms with Gasteiger partial charge in [-0.25, -0.2) is 0 Å². The fraction of sp³-hybridized carbons (Fsp3) is 1.00. The van der Waals surface area contributed by atoms with Crippen molar-refractivity contribution in [3.8, 4) is 0 Å². The second-order valence-electron chi connectivity index (χ2n) is 5.29. The first-order chi connectivity index (χ1) is 7.15. The van der Waals surface area contributed by atoms with E-state index in [2.05, 4.69) is 26.1 Å². The Morgan fingerprint density at radius 1 is 1.27 bits per heavy atom. The molecule has 0 amide bonds. The lowest BCUT2D eigenvalue weighted by molar-refractivity contribution is 0.114. The van der Waals surface area contributed by atoms with Crippen LogP contribution in [0.1, 0.15) is 52.9 Å². The molecule has 2 unspecified atom stereocenters. The first-order valence-corrected chi connectivity index (χ1v) is 6.56. The lowest BCUT2D eigenvalue weighted by Gasteiger charge is -2.20. The second-order valence-corrected chi connectivity index (χ2v) is 5.29. The van der Waals surface area contributed by atoms with Gasteiger partial charge in [0.25, 0.3) is 0 Å². The van der Waals surface area contributed by atoms with Crippen molar-refractivity contribution in [3.05, 3.63) is 0 Å². The minimum absolute atomic E-state index is 0.140. The molecule has 0 spiro atoms. The van der Waals surface area contributed by atoms with Gasteiger partial charge in [-0.1, -0.05) is 27.2 Å². The van der Waals surface area contributed by atoms with Crippen LogP contribution >= 0.6 is 0 Å². The SMILES string of the molecule is CCCC(NCCC(O)C(C)C)C1CC1. The Hall–Kier alpha value is -0.0800. The maximum atomic E-state index is 9.68. The van der Waals surface area contributed by atoms with Gasteiger partial charge in [0.1, 0.15) is 0 Å². The van der Waals surface area contributed by atoms with Crippen LogP contribution in [-0.4, -0.2) is 23.8 Å². The van der Waals surface area contributed by atoms with Crippen LogP contribution in [0.15, 0.2) is 0 Å². The fourth-order valence-electron chi connectivity index (χ4n) is 2.06. The average Bonchev–Trinajstić information content (AvgIpc) is 2.99. The van der Waals surface area contributed by atoms with Gasteiger partial charge < -0.3 is 10.4 Å². The van der Waals surface area contributed by atoms with E-state index >= 15 is 0 Å². The molecular formula is C13H27NO. The topological polar surface area (TPSA) is 32.3 Å². The molecule has 1 aliphatic carbocycles. The Morgan fingerprint density at radius 2 is 1.93 bits per heavy atom. The summed E-state index contributed by atoms with van der Waals surface area (Å²) in [6.45, 7) is 7.38. The van der Waals surface area contributed by atoms with E-state index in [0.29, 0.717) is 5.92 Å². The number of rotatable bonds is 8. The Balaban J connectivity index is 2.10. The smallest absolute Gasteiger partial charge is 0.0575 e. The van der Waals surface area contributed by atoms with Crippen molar-refractivity contribution in [3.63, 3.8) is 0 Å². The van der Waals surface area contributed by atoms with E-state index in [9.17, 15) is 5.11 Å². The zero-order valence-corrected chi connectivity index (χ0v) is 10.5. The molecule has 0 aromatic carbocycles. The van der Waals surface area contributed by atoms with E-state index in [1.807, 2.05) is 0 Å². The van der Waals surface area contributed by atoms with Crippen molar-refractivity contribution in [2.24, 2.45) is 11.8 Å². The van der Waals surface area contributed by atoms with Gasteiger partial charge in [0.05, 0.1) is 6.10 Å². The highest BCUT2D eigenvalue weighted by atomic mass is 16.3. The van der Waals surface area contributed by atoms with Crippen LogP contribution in [0.25, 0.3) is 0 Å². The van der Waals surface area contributed by atoms with E-state index in [4.69, 9.17) is 0 Å². The minimum Gasteiger partial charge on any atom is -0.393 e. The Morgan fingerprint density at radius 3 is 2.40 bits per heavy atom. The highest BCUT2D eigenvalue weighted by molar-refractivity contribution is 4.86. The van der Waals surface area contributed by atoms with Crippen LogP contribution in [0.3, 0.4) is 0 Å². The number of aliphatic hydroxyl groups is 1. The van der Waals surface area contributed by atoms with E-state index in [0.717, 1.165) is 24.9 Å². The predicted octanol–water partition coefficient (Wildman–Crippen LogP) is 2.56. The molecule has 15 heavy (non-hydrogen) atoms. The van der Waals surface area contributed by atoms with Gasteiger partial charge in [-0.15, -0.1) is 0 Å². The largest absolute Gasteiger partial charge is 0.393 e. The molecule has 1 rings (SSSR count). The Bertz CT molecular complexity index is 166. The molecule has 2 nitrogen and oxygen atoms in total. The summed E-state index contributed by atoms with van der Waals surface area (Å²) in [5.41, 5.74) is 0. The molecule has 0 aromatic heterocycles. The van der Waals surface area contributed by atoms with Crippen LogP contribution < -0.4 is 5.32 Å².